The first kappa shape index (κ1) is 15.0. The predicted molar refractivity (Wildman–Crippen MR) is 73.5 cm³/mol. The number of pyridine rings is 1. The Morgan fingerprint density at radius 3 is 2.24 bits per heavy atom. The van der Waals surface area contributed by atoms with Crippen LogP contribution in [0.4, 0.5) is 13.2 Å². The molecule has 2 rings (SSSR count). The van der Waals surface area contributed by atoms with Crippen LogP contribution in [-0.4, -0.2) is 4.98 Å². The number of nitrogens with zero attached hydrogens (tertiary/aromatic N) is 2. The van der Waals surface area contributed by atoms with Crippen LogP contribution in [0.5, 0.6) is 0 Å². The molecule has 0 unspecified atom stereocenters. The number of alkyl halides is 3. The van der Waals surface area contributed by atoms with Gasteiger partial charge in [0.25, 0.3) is 0 Å². The summed E-state index contributed by atoms with van der Waals surface area (Å²) in [7, 11) is 0. The summed E-state index contributed by atoms with van der Waals surface area (Å²) in [4.78, 5) is 4.11. The average molecular weight is 290 g/mol. The molecule has 108 valence electrons. The molecule has 0 bridgehead atoms. The van der Waals surface area contributed by atoms with Crippen LogP contribution in [0.25, 0.3) is 11.1 Å². The Hall–Kier alpha value is -2.35. The third kappa shape index (κ3) is 3.22. The Kier molecular flexibility index (Phi) is 3.99. The minimum Gasteiger partial charge on any atom is -0.260 e. The minimum absolute atomic E-state index is 0.0244. The summed E-state index contributed by atoms with van der Waals surface area (Å²) in [5, 5.41) is 8.74. The van der Waals surface area contributed by atoms with Gasteiger partial charge in [0.2, 0.25) is 0 Å². The minimum atomic E-state index is -4.45. The van der Waals surface area contributed by atoms with Gasteiger partial charge in [-0.25, -0.2) is 0 Å². The molecule has 0 aliphatic rings. The van der Waals surface area contributed by atoms with Crippen molar-refractivity contribution in [3.8, 4) is 17.2 Å². The average Bonchev–Trinajstić information content (AvgIpc) is 2.46. The Morgan fingerprint density at radius 1 is 1.14 bits per heavy atom. The Bertz CT molecular complexity index is 680. The summed E-state index contributed by atoms with van der Waals surface area (Å²) in [5.41, 5.74) is 0.519. The number of hydrogen-bond donors (Lipinski definition) is 0. The van der Waals surface area contributed by atoms with E-state index in [0.29, 0.717) is 16.8 Å². The highest BCUT2D eigenvalue weighted by Crippen LogP contribution is 2.37. The summed E-state index contributed by atoms with van der Waals surface area (Å²) in [6, 6.07) is 9.02. The lowest BCUT2D eigenvalue weighted by molar-refractivity contribution is -0.137. The summed E-state index contributed by atoms with van der Waals surface area (Å²) in [6.07, 6.45) is -3.20. The zero-order valence-corrected chi connectivity index (χ0v) is 11.6. The van der Waals surface area contributed by atoms with Crippen LogP contribution < -0.4 is 0 Å². The van der Waals surface area contributed by atoms with E-state index in [9.17, 15) is 13.2 Å². The van der Waals surface area contributed by atoms with Crippen LogP contribution >= 0.6 is 0 Å². The van der Waals surface area contributed by atoms with E-state index in [1.165, 1.54) is 30.5 Å². The topological polar surface area (TPSA) is 36.7 Å². The van der Waals surface area contributed by atoms with E-state index in [-0.39, 0.29) is 11.5 Å². The van der Waals surface area contributed by atoms with Gasteiger partial charge >= 0.3 is 6.18 Å². The molecule has 0 saturated carbocycles. The van der Waals surface area contributed by atoms with Crippen LogP contribution in [0.15, 0.2) is 36.5 Å². The van der Waals surface area contributed by atoms with Crippen molar-refractivity contribution in [2.75, 3.05) is 0 Å². The summed E-state index contributed by atoms with van der Waals surface area (Å²) >= 11 is 0. The molecule has 21 heavy (non-hydrogen) atoms. The van der Waals surface area contributed by atoms with Gasteiger partial charge in [0, 0.05) is 17.5 Å². The lowest BCUT2D eigenvalue weighted by atomic mass is 9.98. The highest BCUT2D eigenvalue weighted by atomic mass is 19.4. The van der Waals surface area contributed by atoms with E-state index in [4.69, 9.17) is 5.26 Å². The maximum atomic E-state index is 13.2. The summed E-state index contributed by atoms with van der Waals surface area (Å²) in [5.74, 6) is -0.0823. The van der Waals surface area contributed by atoms with Crippen molar-refractivity contribution in [2.45, 2.75) is 25.9 Å². The van der Waals surface area contributed by atoms with Crippen molar-refractivity contribution in [1.29, 1.82) is 5.26 Å². The van der Waals surface area contributed by atoms with E-state index in [1.807, 2.05) is 6.07 Å². The van der Waals surface area contributed by atoms with E-state index in [1.54, 1.807) is 13.8 Å². The molecule has 2 aromatic rings. The third-order valence-electron chi connectivity index (χ3n) is 3.15. The fraction of sp³-hybridized carbons (Fsp3) is 0.250. The van der Waals surface area contributed by atoms with Gasteiger partial charge in [-0.2, -0.15) is 18.4 Å². The number of hydrogen-bond acceptors (Lipinski definition) is 2. The van der Waals surface area contributed by atoms with Gasteiger partial charge in [-0.15, -0.1) is 0 Å². The molecule has 2 nitrogen and oxygen atoms in total. The van der Waals surface area contributed by atoms with Gasteiger partial charge in [0.05, 0.1) is 17.2 Å². The number of aromatic nitrogens is 1. The van der Waals surface area contributed by atoms with E-state index in [0.717, 1.165) is 6.07 Å². The van der Waals surface area contributed by atoms with Gasteiger partial charge < -0.3 is 0 Å². The second-order valence-corrected chi connectivity index (χ2v) is 5.00. The molecular formula is C16H13F3N2. The monoisotopic (exact) mass is 290 g/mol. The van der Waals surface area contributed by atoms with E-state index < -0.39 is 11.7 Å². The maximum absolute atomic E-state index is 13.2. The standard InChI is InChI=1S/C16H13F3N2/c1-10(2)15-7-14(16(17,18)19)13(9-21-15)12-5-3-11(8-20)4-6-12/h3-7,9-10H,1-2H3. The number of rotatable bonds is 2. The molecule has 1 aromatic heterocycles. The zero-order valence-electron chi connectivity index (χ0n) is 11.6. The Labute approximate surface area is 120 Å². The molecule has 0 amide bonds. The predicted octanol–water partition coefficient (Wildman–Crippen LogP) is 4.76. The van der Waals surface area contributed by atoms with Gasteiger partial charge in [-0.05, 0) is 29.7 Å². The zero-order chi connectivity index (χ0) is 15.6. The second-order valence-electron chi connectivity index (χ2n) is 5.00. The Balaban J connectivity index is 2.59. The van der Waals surface area contributed by atoms with Crippen LogP contribution in [0, 0.1) is 11.3 Å². The van der Waals surface area contributed by atoms with Gasteiger partial charge in [0.1, 0.15) is 0 Å². The molecule has 0 saturated heterocycles. The maximum Gasteiger partial charge on any atom is 0.417 e. The molecule has 0 N–H and O–H groups in total. The first-order chi connectivity index (χ1) is 9.82. The molecule has 1 heterocycles. The quantitative estimate of drug-likeness (QED) is 0.799. The van der Waals surface area contributed by atoms with Crippen LogP contribution in [-0.2, 0) is 6.18 Å². The summed E-state index contributed by atoms with van der Waals surface area (Å²) < 4.78 is 39.7. The number of nitriles is 1. The molecule has 5 heteroatoms. The highest BCUT2D eigenvalue weighted by molar-refractivity contribution is 5.68. The lowest BCUT2D eigenvalue weighted by Gasteiger charge is -2.15. The van der Waals surface area contributed by atoms with Gasteiger partial charge in [-0.3, -0.25) is 4.98 Å². The van der Waals surface area contributed by atoms with Gasteiger partial charge in [-0.1, -0.05) is 26.0 Å². The SMILES string of the molecule is CC(C)c1cc(C(F)(F)F)c(-c2ccc(C#N)cc2)cn1. The van der Waals surface area contributed by atoms with E-state index >= 15 is 0 Å². The molecule has 0 aliphatic carbocycles. The lowest BCUT2D eigenvalue weighted by Crippen LogP contribution is -2.09. The second kappa shape index (κ2) is 5.57. The van der Waals surface area contributed by atoms with Crippen LogP contribution in [0.2, 0.25) is 0 Å². The first-order valence-electron chi connectivity index (χ1n) is 6.40. The Morgan fingerprint density at radius 2 is 1.76 bits per heavy atom. The molecule has 0 spiro atoms. The highest BCUT2D eigenvalue weighted by Gasteiger charge is 2.34. The van der Waals surface area contributed by atoms with Gasteiger partial charge in [0.15, 0.2) is 0 Å². The largest absolute Gasteiger partial charge is 0.417 e. The molecule has 0 fully saturated rings. The van der Waals surface area contributed by atoms with Crippen molar-refractivity contribution < 1.29 is 13.2 Å². The smallest absolute Gasteiger partial charge is 0.260 e. The first-order valence-corrected chi connectivity index (χ1v) is 6.40. The molecule has 1 aromatic carbocycles. The van der Waals surface area contributed by atoms with Crippen molar-refractivity contribution in [3.63, 3.8) is 0 Å². The van der Waals surface area contributed by atoms with Crippen LogP contribution in [0.3, 0.4) is 0 Å². The molecule has 0 radical (unpaired) electrons. The molecule has 0 aliphatic heterocycles. The molecule has 0 atom stereocenters. The van der Waals surface area contributed by atoms with Crippen molar-refractivity contribution >= 4 is 0 Å². The third-order valence-corrected chi connectivity index (χ3v) is 3.15. The normalized spacial score (nSPS) is 11.5. The van der Waals surface area contributed by atoms with Crippen LogP contribution in [0.1, 0.15) is 36.6 Å². The fourth-order valence-corrected chi connectivity index (χ4v) is 1.98. The van der Waals surface area contributed by atoms with E-state index in [2.05, 4.69) is 4.98 Å². The van der Waals surface area contributed by atoms with Crippen molar-refractivity contribution in [3.05, 3.63) is 53.3 Å². The molecular weight excluding hydrogens is 277 g/mol. The van der Waals surface area contributed by atoms with Crippen molar-refractivity contribution in [1.82, 2.24) is 4.98 Å². The van der Waals surface area contributed by atoms with Crippen molar-refractivity contribution in [2.24, 2.45) is 0 Å². The number of benzene rings is 1. The summed E-state index contributed by atoms with van der Waals surface area (Å²) in [6.45, 7) is 3.59. The number of halogens is 3. The fourth-order valence-electron chi connectivity index (χ4n) is 1.98.